The normalized spacial score (nSPS) is 15.3. The van der Waals surface area contributed by atoms with Crippen LogP contribution in [0.3, 0.4) is 0 Å². The first-order valence-electron chi connectivity index (χ1n) is 9.93. The zero-order valence-electron chi connectivity index (χ0n) is 17.1. The third kappa shape index (κ3) is 3.90. The van der Waals surface area contributed by atoms with Crippen LogP contribution in [0.4, 0.5) is 10.5 Å². The highest BCUT2D eigenvalue weighted by atomic mass is 35.5. The van der Waals surface area contributed by atoms with Gasteiger partial charge in [-0.25, -0.2) is 9.78 Å². The van der Waals surface area contributed by atoms with Crippen molar-refractivity contribution in [1.82, 2.24) is 25.0 Å². The van der Waals surface area contributed by atoms with Crippen LogP contribution >= 0.6 is 11.6 Å². The number of nitrogens with one attached hydrogen (secondary N) is 2. The molecule has 0 fully saturated rings. The molecule has 9 nitrogen and oxygen atoms in total. The Hall–Kier alpha value is -3.85. The number of anilines is 1. The summed E-state index contributed by atoms with van der Waals surface area (Å²) >= 11 is 5.97. The van der Waals surface area contributed by atoms with Gasteiger partial charge in [-0.05, 0) is 48.5 Å². The Kier molecular flexibility index (Phi) is 5.24. The average molecular weight is 451 g/mol. The van der Waals surface area contributed by atoms with Crippen LogP contribution in [0, 0.1) is 0 Å². The highest BCUT2D eigenvalue weighted by Gasteiger charge is 2.36. The van der Waals surface area contributed by atoms with Crippen molar-refractivity contribution in [3.05, 3.63) is 77.2 Å². The molecule has 0 radical (unpaired) electrons. The van der Waals surface area contributed by atoms with E-state index >= 15 is 0 Å². The van der Waals surface area contributed by atoms with Gasteiger partial charge in [-0.3, -0.25) is 0 Å². The molecule has 1 aliphatic heterocycles. The highest BCUT2D eigenvalue weighted by molar-refractivity contribution is 6.30. The number of hydrogen-bond donors (Lipinski definition) is 2. The number of carbonyl (C=O) groups excluding carboxylic acids is 1. The number of amides is 2. The van der Waals surface area contributed by atoms with Crippen LogP contribution in [-0.2, 0) is 13.0 Å². The molecule has 2 N–H and O–H groups in total. The number of rotatable bonds is 4. The van der Waals surface area contributed by atoms with E-state index < -0.39 is 6.04 Å². The lowest BCUT2D eigenvalue weighted by atomic mass is 10.0. The lowest BCUT2D eigenvalue weighted by molar-refractivity contribution is 0.155. The van der Waals surface area contributed by atoms with Crippen LogP contribution in [0.15, 0.2) is 59.4 Å². The summed E-state index contributed by atoms with van der Waals surface area (Å²) in [6, 6.07) is 13.5. The predicted molar refractivity (Wildman–Crippen MR) is 117 cm³/mol. The first-order valence-corrected chi connectivity index (χ1v) is 10.3. The number of aromatic amines is 1. The van der Waals surface area contributed by atoms with E-state index in [1.54, 1.807) is 54.7 Å². The van der Waals surface area contributed by atoms with E-state index in [2.05, 4.69) is 25.4 Å². The minimum Gasteiger partial charge on any atom is -0.497 e. The number of halogens is 1. The van der Waals surface area contributed by atoms with Gasteiger partial charge in [0.15, 0.2) is 0 Å². The number of carbonyl (C=O) groups is 1. The number of imidazole rings is 1. The van der Waals surface area contributed by atoms with E-state index in [1.165, 1.54) is 0 Å². The second-order valence-electron chi connectivity index (χ2n) is 7.30. The van der Waals surface area contributed by atoms with E-state index in [9.17, 15) is 4.79 Å². The fourth-order valence-corrected chi connectivity index (χ4v) is 3.75. The molecule has 2 aromatic carbocycles. The van der Waals surface area contributed by atoms with Crippen molar-refractivity contribution in [2.24, 2.45) is 0 Å². The minimum atomic E-state index is -0.461. The molecule has 1 atom stereocenters. The van der Waals surface area contributed by atoms with E-state index in [-0.39, 0.29) is 6.03 Å². The van der Waals surface area contributed by atoms with Crippen molar-refractivity contribution in [2.75, 3.05) is 12.4 Å². The van der Waals surface area contributed by atoms with Gasteiger partial charge in [0, 0.05) is 22.7 Å². The summed E-state index contributed by atoms with van der Waals surface area (Å²) in [5.74, 6) is 1.48. The van der Waals surface area contributed by atoms with Gasteiger partial charge in [-0.1, -0.05) is 16.8 Å². The van der Waals surface area contributed by atoms with Crippen LogP contribution in [0.25, 0.3) is 11.4 Å². The number of hydrogen-bond acceptors (Lipinski definition) is 6. The van der Waals surface area contributed by atoms with Crippen LogP contribution in [0.2, 0.25) is 5.02 Å². The molecule has 0 saturated heterocycles. The summed E-state index contributed by atoms with van der Waals surface area (Å²) < 4.78 is 10.7. The first-order chi connectivity index (χ1) is 15.6. The molecule has 162 valence electrons. The van der Waals surface area contributed by atoms with Crippen LogP contribution in [-0.4, -0.2) is 38.1 Å². The molecule has 4 aromatic rings. The van der Waals surface area contributed by atoms with Gasteiger partial charge in [0.25, 0.3) is 0 Å². The van der Waals surface area contributed by atoms with E-state index in [4.69, 9.17) is 20.9 Å². The largest absolute Gasteiger partial charge is 0.497 e. The van der Waals surface area contributed by atoms with Crippen molar-refractivity contribution in [3.8, 4) is 17.1 Å². The Morgan fingerprint density at radius 3 is 2.75 bits per heavy atom. The molecule has 2 amide bonds. The van der Waals surface area contributed by atoms with Crippen molar-refractivity contribution in [2.45, 2.75) is 19.0 Å². The second kappa shape index (κ2) is 8.35. The minimum absolute atomic E-state index is 0.286. The van der Waals surface area contributed by atoms with E-state index in [1.807, 2.05) is 12.1 Å². The average Bonchev–Trinajstić information content (AvgIpc) is 3.48. The summed E-state index contributed by atoms with van der Waals surface area (Å²) in [5.41, 5.74) is 3.17. The second-order valence-corrected chi connectivity index (χ2v) is 7.73. The van der Waals surface area contributed by atoms with Gasteiger partial charge in [0.1, 0.15) is 11.8 Å². The van der Waals surface area contributed by atoms with Crippen LogP contribution in [0.1, 0.15) is 23.3 Å². The standard InChI is InChI=1S/C22H19ClN6O3/c1-31-16-8-6-15(7-9-16)26-22(30)29-11-18-17(24-12-25-18)10-19(29)21-27-20(28-32-21)13-2-4-14(23)5-3-13/h2-9,12,19H,10-11H2,1H3,(H,24,25)(H,26,30)/t19-/m0/s1. The molecule has 0 bridgehead atoms. The number of urea groups is 1. The maximum absolute atomic E-state index is 13.2. The first kappa shape index (κ1) is 20.1. The Bertz CT molecular complexity index is 1240. The summed E-state index contributed by atoms with van der Waals surface area (Å²) in [6.45, 7) is 0.334. The molecule has 2 aromatic heterocycles. The number of methoxy groups -OCH3 is 1. The molecular weight excluding hydrogens is 432 g/mol. The van der Waals surface area contributed by atoms with Gasteiger partial charge in [0.05, 0.1) is 31.4 Å². The fraction of sp³-hybridized carbons (Fsp3) is 0.182. The molecule has 32 heavy (non-hydrogen) atoms. The number of ether oxygens (including phenoxy) is 1. The Balaban J connectivity index is 1.42. The molecule has 0 spiro atoms. The maximum atomic E-state index is 13.2. The third-order valence-corrected chi connectivity index (χ3v) is 5.58. The van der Waals surface area contributed by atoms with E-state index in [0.717, 1.165) is 17.0 Å². The highest BCUT2D eigenvalue weighted by Crippen LogP contribution is 2.33. The van der Waals surface area contributed by atoms with Crippen molar-refractivity contribution in [1.29, 1.82) is 0 Å². The summed E-state index contributed by atoms with van der Waals surface area (Å²) in [7, 11) is 1.59. The summed E-state index contributed by atoms with van der Waals surface area (Å²) in [5, 5.41) is 7.65. The smallest absolute Gasteiger partial charge is 0.322 e. The summed E-state index contributed by atoms with van der Waals surface area (Å²) in [4.78, 5) is 26.9. The van der Waals surface area contributed by atoms with Crippen molar-refractivity contribution < 1.29 is 14.1 Å². The van der Waals surface area contributed by atoms with Crippen molar-refractivity contribution in [3.63, 3.8) is 0 Å². The van der Waals surface area contributed by atoms with Crippen LogP contribution in [0.5, 0.6) is 5.75 Å². The monoisotopic (exact) mass is 450 g/mol. The lowest BCUT2D eigenvalue weighted by Gasteiger charge is -2.32. The zero-order chi connectivity index (χ0) is 22.1. The predicted octanol–water partition coefficient (Wildman–Crippen LogP) is 4.45. The number of nitrogens with zero attached hydrogens (tertiary/aromatic N) is 4. The number of H-pyrrole nitrogens is 1. The molecular formula is C22H19ClN6O3. The molecule has 0 saturated carbocycles. The maximum Gasteiger partial charge on any atom is 0.322 e. The zero-order valence-corrected chi connectivity index (χ0v) is 17.8. The molecule has 10 heteroatoms. The number of benzene rings is 2. The number of fused-ring (bicyclic) bond motifs is 1. The van der Waals surface area contributed by atoms with Crippen LogP contribution < -0.4 is 10.1 Å². The van der Waals surface area contributed by atoms with Crippen molar-refractivity contribution >= 4 is 23.3 Å². The molecule has 0 aliphatic carbocycles. The van der Waals surface area contributed by atoms with E-state index in [0.29, 0.717) is 41.1 Å². The Morgan fingerprint density at radius 2 is 2.00 bits per heavy atom. The molecule has 1 aliphatic rings. The molecule has 5 rings (SSSR count). The van der Waals surface area contributed by atoms with Gasteiger partial charge in [0.2, 0.25) is 11.7 Å². The van der Waals surface area contributed by atoms with Gasteiger partial charge in [-0.15, -0.1) is 0 Å². The summed E-state index contributed by atoms with van der Waals surface area (Å²) in [6.07, 6.45) is 2.08. The van der Waals surface area contributed by atoms with Gasteiger partial charge in [-0.2, -0.15) is 4.98 Å². The Morgan fingerprint density at radius 1 is 1.22 bits per heavy atom. The SMILES string of the molecule is COc1ccc(NC(=O)N2Cc3[nH]cnc3C[C@H]2c2nc(-c3ccc(Cl)cc3)no2)cc1. The fourth-order valence-electron chi connectivity index (χ4n) is 3.63. The lowest BCUT2D eigenvalue weighted by Crippen LogP contribution is -2.41. The molecule has 0 unspecified atom stereocenters. The third-order valence-electron chi connectivity index (χ3n) is 5.33. The Labute approximate surface area is 188 Å². The van der Waals surface area contributed by atoms with Gasteiger partial charge >= 0.3 is 6.03 Å². The molecule has 3 heterocycles. The van der Waals surface area contributed by atoms with Gasteiger partial charge < -0.3 is 24.5 Å². The number of aromatic nitrogens is 4. The quantitative estimate of drug-likeness (QED) is 0.475. The topological polar surface area (TPSA) is 109 Å².